The summed E-state index contributed by atoms with van der Waals surface area (Å²) < 4.78 is 61.7. The number of nitrogens with one attached hydrogen (secondary N) is 3. The van der Waals surface area contributed by atoms with Crippen LogP contribution in [0.15, 0.2) is 66.9 Å². The summed E-state index contributed by atoms with van der Waals surface area (Å²) in [6.45, 7) is 1.59. The molecule has 4 aliphatic rings. The van der Waals surface area contributed by atoms with E-state index in [0.717, 1.165) is 35.7 Å². The Balaban J connectivity index is 1.20. The Morgan fingerprint density at radius 1 is 1.06 bits per heavy atom. The minimum Gasteiger partial charge on any atom is -0.472 e. The fraction of sp³-hybridized carbons (Fsp3) is 0.459. The summed E-state index contributed by atoms with van der Waals surface area (Å²) in [6.07, 6.45) is 9.10. The Hall–Kier alpha value is -4.59. The first-order chi connectivity index (χ1) is 24.4. The Kier molecular flexibility index (Phi) is 9.23. The number of anilines is 1. The molecule has 3 fully saturated rings. The molecule has 1 saturated heterocycles. The number of pyridine rings is 1. The lowest BCUT2D eigenvalue weighted by Crippen LogP contribution is -2.58. The molecule has 5 atom stereocenters. The van der Waals surface area contributed by atoms with Crippen molar-refractivity contribution >= 4 is 44.2 Å². The van der Waals surface area contributed by atoms with Crippen LogP contribution < -0.4 is 20.1 Å². The van der Waals surface area contributed by atoms with Gasteiger partial charge in [-0.1, -0.05) is 43.2 Å². The van der Waals surface area contributed by atoms with E-state index in [9.17, 15) is 31.6 Å². The third-order valence-corrected chi connectivity index (χ3v) is 12.8. The van der Waals surface area contributed by atoms with Gasteiger partial charge in [0.15, 0.2) is 11.6 Å². The molecule has 0 bridgehead atoms. The maximum absolute atomic E-state index is 14.5. The number of rotatable bonds is 7. The first-order valence-electron chi connectivity index (χ1n) is 17.5. The van der Waals surface area contributed by atoms with Gasteiger partial charge in [-0.3, -0.25) is 19.1 Å². The fourth-order valence-corrected chi connectivity index (χ4v) is 8.39. The van der Waals surface area contributed by atoms with Crippen LogP contribution in [0.5, 0.6) is 5.88 Å². The molecule has 1 aromatic heterocycles. The van der Waals surface area contributed by atoms with Gasteiger partial charge in [0.1, 0.15) is 23.7 Å². The van der Waals surface area contributed by atoms with Crippen molar-refractivity contribution in [3.63, 3.8) is 0 Å². The molecule has 3 aromatic rings. The highest BCUT2D eigenvalue weighted by Crippen LogP contribution is 2.47. The van der Waals surface area contributed by atoms with Gasteiger partial charge in [-0.2, -0.15) is 0 Å². The number of aromatic nitrogens is 1. The van der Waals surface area contributed by atoms with Crippen LogP contribution >= 0.6 is 0 Å². The molecule has 3 N–H and O–H groups in total. The summed E-state index contributed by atoms with van der Waals surface area (Å²) in [5.41, 5.74) is -1.30. The summed E-state index contributed by atoms with van der Waals surface area (Å²) in [4.78, 5) is 48.4. The van der Waals surface area contributed by atoms with Crippen LogP contribution in [0.25, 0.3) is 10.8 Å². The third-order valence-electron chi connectivity index (χ3n) is 10.7. The second kappa shape index (κ2) is 13.5. The van der Waals surface area contributed by atoms with Gasteiger partial charge >= 0.3 is 0 Å². The van der Waals surface area contributed by atoms with Crippen LogP contribution in [0.2, 0.25) is 0 Å². The number of ether oxygens (including phenoxy) is 1. The molecular weight excluding hydrogens is 680 g/mol. The van der Waals surface area contributed by atoms with Gasteiger partial charge in [0, 0.05) is 35.7 Å². The van der Waals surface area contributed by atoms with E-state index in [2.05, 4.69) is 20.3 Å². The lowest BCUT2D eigenvalue weighted by Gasteiger charge is -2.30. The van der Waals surface area contributed by atoms with Crippen LogP contribution in [0.1, 0.15) is 64.7 Å². The highest BCUT2D eigenvalue weighted by molar-refractivity contribution is 7.91. The number of hydrogen-bond donors (Lipinski definition) is 3. The number of amides is 3. The van der Waals surface area contributed by atoms with Gasteiger partial charge in [0.05, 0.1) is 11.3 Å². The highest BCUT2D eigenvalue weighted by atomic mass is 32.2. The first-order valence-corrected chi connectivity index (χ1v) is 19.0. The minimum absolute atomic E-state index is 0.00699. The van der Waals surface area contributed by atoms with Crippen LogP contribution in [0.3, 0.4) is 0 Å². The molecule has 0 radical (unpaired) electrons. The van der Waals surface area contributed by atoms with Gasteiger partial charge < -0.3 is 20.3 Å². The summed E-state index contributed by atoms with van der Waals surface area (Å²) in [5, 5.41) is 7.60. The lowest BCUT2D eigenvalue weighted by atomic mass is 10.0. The number of sulfonamides is 1. The van der Waals surface area contributed by atoms with E-state index >= 15 is 0 Å². The summed E-state index contributed by atoms with van der Waals surface area (Å²) in [5.74, 6) is -4.05. The summed E-state index contributed by atoms with van der Waals surface area (Å²) in [6, 6.07) is 10.7. The second-order valence-electron chi connectivity index (χ2n) is 14.4. The van der Waals surface area contributed by atoms with Gasteiger partial charge in [0.2, 0.25) is 27.7 Å². The smallest absolute Gasteiger partial charge is 0.259 e. The van der Waals surface area contributed by atoms with E-state index in [4.69, 9.17) is 4.74 Å². The average Bonchev–Trinajstić information content (AvgIpc) is 3.98. The van der Waals surface area contributed by atoms with E-state index in [1.54, 1.807) is 13.1 Å². The van der Waals surface area contributed by atoms with Crippen molar-refractivity contribution in [2.24, 2.45) is 5.92 Å². The highest BCUT2D eigenvalue weighted by Gasteiger charge is 2.63. The molecule has 3 amide bonds. The van der Waals surface area contributed by atoms with E-state index in [-0.39, 0.29) is 25.1 Å². The van der Waals surface area contributed by atoms with Crippen molar-refractivity contribution < 1.29 is 36.3 Å². The van der Waals surface area contributed by atoms with Crippen molar-refractivity contribution in [2.75, 3.05) is 11.9 Å². The number of fused-ring (bicyclic) bond motifs is 3. The maximum Gasteiger partial charge on any atom is 0.259 e. The Morgan fingerprint density at radius 3 is 2.65 bits per heavy atom. The van der Waals surface area contributed by atoms with Gasteiger partial charge in [-0.25, -0.2) is 22.2 Å². The number of halogens is 2. The van der Waals surface area contributed by atoms with Gasteiger partial charge in [-0.05, 0) is 75.1 Å². The zero-order chi connectivity index (χ0) is 36.0. The van der Waals surface area contributed by atoms with E-state index in [1.807, 2.05) is 42.5 Å². The predicted molar refractivity (Wildman–Crippen MR) is 186 cm³/mol. The number of carbonyl (C=O) groups is 3. The summed E-state index contributed by atoms with van der Waals surface area (Å²) >= 11 is 0. The lowest BCUT2D eigenvalue weighted by molar-refractivity contribution is -0.140. The molecular formula is C37H41F2N5O6S. The number of nitrogens with zero attached hydrogens (tertiary/aromatic N) is 2. The summed E-state index contributed by atoms with van der Waals surface area (Å²) in [7, 11) is -3.99. The largest absolute Gasteiger partial charge is 0.472 e. The fourth-order valence-electron chi connectivity index (χ4n) is 7.08. The molecule has 2 aromatic carbocycles. The van der Waals surface area contributed by atoms with Crippen LogP contribution in [-0.2, 0) is 24.4 Å². The molecule has 0 unspecified atom stereocenters. The standard InChI is InChI=1S/C37H41F2N5O6S/c1-36(16-17-36)51(48,49)43-35(47)37-21-24(37)10-5-3-2-4-6-12-30(41-25-13-14-28(38)29(39)19-25)34(46)44-22-26(20-31(44)32(45)42-37)50-33-27-11-8-7-9-23(27)15-18-40-33/h5,7-11,13-15,18-19,24,26,30-31,41H,2-4,6,12,16-17,20-22H2,1H3,(H,42,45)(H,43,47)/b10-5-/t24-,26-,30+,31+,37-/m1/s1. The number of carbonyl (C=O) groups excluding carboxylic acids is 3. The number of allylic oxidation sites excluding steroid dienone is 1. The number of benzene rings is 2. The molecule has 2 aliphatic heterocycles. The average molecular weight is 722 g/mol. The van der Waals surface area contributed by atoms with Gasteiger partial charge in [0.25, 0.3) is 5.91 Å². The first kappa shape index (κ1) is 34.8. The zero-order valence-electron chi connectivity index (χ0n) is 28.2. The minimum atomic E-state index is -3.99. The van der Waals surface area contributed by atoms with Crippen molar-refractivity contribution in [1.29, 1.82) is 0 Å². The molecule has 7 rings (SSSR count). The Morgan fingerprint density at radius 2 is 1.86 bits per heavy atom. The molecule has 11 nitrogen and oxygen atoms in total. The quantitative estimate of drug-likeness (QED) is 0.297. The van der Waals surface area contributed by atoms with Crippen LogP contribution in [-0.4, -0.2) is 71.0 Å². The van der Waals surface area contributed by atoms with Gasteiger partial charge in [-0.15, -0.1) is 0 Å². The van der Waals surface area contributed by atoms with Crippen molar-refractivity contribution in [1.82, 2.24) is 19.9 Å². The monoisotopic (exact) mass is 721 g/mol. The Bertz CT molecular complexity index is 2000. The molecule has 270 valence electrons. The van der Waals surface area contributed by atoms with Crippen molar-refractivity contribution in [3.8, 4) is 5.88 Å². The molecule has 2 aliphatic carbocycles. The third kappa shape index (κ3) is 7.02. The normalized spacial score (nSPS) is 28.3. The van der Waals surface area contributed by atoms with Crippen molar-refractivity contribution in [2.45, 2.75) is 93.2 Å². The van der Waals surface area contributed by atoms with E-state index in [0.29, 0.717) is 38.0 Å². The van der Waals surface area contributed by atoms with E-state index in [1.165, 1.54) is 11.0 Å². The molecule has 2 saturated carbocycles. The number of hydrogen-bond acceptors (Lipinski definition) is 8. The van der Waals surface area contributed by atoms with E-state index < -0.39 is 73.8 Å². The van der Waals surface area contributed by atoms with Crippen LogP contribution in [0.4, 0.5) is 14.5 Å². The molecule has 3 heterocycles. The maximum atomic E-state index is 14.5. The SMILES string of the molecule is CC1(S(=O)(=O)NC(=O)[C@@]23C[C@H]2/C=C\CCCCC[C@H](Nc2ccc(F)c(F)c2)C(=O)N2C[C@H](Oc4nccc5ccccc45)C[C@H]2C(=O)N3)CC1. The second-order valence-corrected chi connectivity index (χ2v) is 16.6. The molecule has 0 spiro atoms. The zero-order valence-corrected chi connectivity index (χ0v) is 29.1. The topological polar surface area (TPSA) is 147 Å². The predicted octanol–water partition coefficient (Wildman–Crippen LogP) is 4.74. The van der Waals surface area contributed by atoms with Crippen molar-refractivity contribution in [3.05, 3.63) is 78.5 Å². The Labute approximate surface area is 295 Å². The molecule has 14 heteroatoms. The molecule has 51 heavy (non-hydrogen) atoms. The van der Waals surface area contributed by atoms with Crippen LogP contribution in [0, 0.1) is 17.6 Å².